The molecular weight excluding hydrogens is 202 g/mol. The first-order valence-electron chi connectivity index (χ1n) is 5.00. The number of rotatable bonds is 5. The summed E-state index contributed by atoms with van der Waals surface area (Å²) in [7, 11) is 0. The van der Waals surface area contributed by atoms with E-state index in [2.05, 4.69) is 15.5 Å². The zero-order valence-electron chi connectivity index (χ0n) is 8.00. The van der Waals surface area contributed by atoms with Gasteiger partial charge in [0.25, 0.3) is 0 Å². The van der Waals surface area contributed by atoms with Crippen molar-refractivity contribution in [3.8, 4) is 0 Å². The number of aryl methyl sites for hydroxylation is 1. The van der Waals surface area contributed by atoms with Crippen molar-refractivity contribution in [3.63, 3.8) is 0 Å². The molecule has 78 valence electrons. The molecule has 1 saturated carbocycles. The van der Waals surface area contributed by atoms with Gasteiger partial charge in [-0.25, -0.2) is 0 Å². The van der Waals surface area contributed by atoms with Gasteiger partial charge in [-0.15, -0.1) is 16.7 Å². The van der Waals surface area contributed by atoms with E-state index in [1.807, 2.05) is 0 Å². The highest BCUT2D eigenvalue weighted by molar-refractivity contribution is 6.17. The minimum Gasteiger partial charge on any atom is -0.408 e. The van der Waals surface area contributed by atoms with Gasteiger partial charge in [0.2, 0.25) is 5.89 Å². The molecule has 1 aliphatic rings. The number of hydrogen-bond donors (Lipinski definition) is 1. The monoisotopic (exact) mass is 215 g/mol. The molecular formula is C9H14ClN3O. The quantitative estimate of drug-likeness (QED) is 0.764. The molecule has 0 aromatic carbocycles. The summed E-state index contributed by atoms with van der Waals surface area (Å²) in [5.41, 5.74) is 0. The highest BCUT2D eigenvalue weighted by Gasteiger charge is 2.17. The molecule has 1 N–H and O–H groups in total. The summed E-state index contributed by atoms with van der Waals surface area (Å²) in [5.74, 6) is 1.92. The molecule has 0 bridgehead atoms. The Morgan fingerprint density at radius 2 is 2.29 bits per heavy atom. The maximum absolute atomic E-state index is 5.56. The molecule has 0 aliphatic heterocycles. The van der Waals surface area contributed by atoms with E-state index in [0.29, 0.717) is 24.2 Å². The number of hydrogen-bond acceptors (Lipinski definition) is 4. The smallest absolute Gasteiger partial charge is 0.315 e. The third kappa shape index (κ3) is 2.38. The van der Waals surface area contributed by atoms with Crippen LogP contribution in [0.5, 0.6) is 0 Å². The average molecular weight is 216 g/mol. The largest absolute Gasteiger partial charge is 0.408 e. The third-order valence-corrected chi connectivity index (χ3v) is 2.73. The van der Waals surface area contributed by atoms with Gasteiger partial charge in [0.05, 0.1) is 0 Å². The molecule has 1 fully saturated rings. The van der Waals surface area contributed by atoms with E-state index in [1.165, 1.54) is 19.3 Å². The van der Waals surface area contributed by atoms with E-state index in [0.717, 1.165) is 12.5 Å². The predicted octanol–water partition coefficient (Wildman–Crippen LogP) is 2.06. The van der Waals surface area contributed by atoms with Crippen LogP contribution in [0.4, 0.5) is 6.01 Å². The van der Waals surface area contributed by atoms with Crippen molar-refractivity contribution in [2.45, 2.75) is 25.7 Å². The van der Waals surface area contributed by atoms with Gasteiger partial charge in [-0.05, 0) is 18.8 Å². The Morgan fingerprint density at radius 3 is 2.93 bits per heavy atom. The third-order valence-electron chi connectivity index (χ3n) is 2.54. The van der Waals surface area contributed by atoms with Crippen LogP contribution in [0.1, 0.15) is 25.2 Å². The van der Waals surface area contributed by atoms with Crippen molar-refractivity contribution in [2.75, 3.05) is 17.7 Å². The molecule has 5 heteroatoms. The van der Waals surface area contributed by atoms with Crippen LogP contribution in [0.3, 0.4) is 0 Å². The average Bonchev–Trinajstić information content (AvgIpc) is 2.51. The Bertz CT molecular complexity index is 285. The van der Waals surface area contributed by atoms with Crippen LogP contribution in [-0.2, 0) is 6.42 Å². The maximum atomic E-state index is 5.56. The topological polar surface area (TPSA) is 51.0 Å². The molecule has 1 aromatic rings. The molecule has 0 atom stereocenters. The Kier molecular flexibility index (Phi) is 3.24. The second-order valence-corrected chi connectivity index (χ2v) is 4.00. The van der Waals surface area contributed by atoms with Crippen molar-refractivity contribution < 1.29 is 4.42 Å². The van der Waals surface area contributed by atoms with Gasteiger partial charge < -0.3 is 9.73 Å². The summed E-state index contributed by atoms with van der Waals surface area (Å²) in [6.07, 6.45) is 4.62. The molecule has 0 radical (unpaired) electrons. The highest BCUT2D eigenvalue weighted by atomic mass is 35.5. The number of anilines is 1. The summed E-state index contributed by atoms with van der Waals surface area (Å²) in [5, 5.41) is 10.9. The standard InChI is InChI=1S/C9H14ClN3O/c10-5-4-8-12-13-9(14-8)11-6-7-2-1-3-7/h7H,1-6H2,(H,11,13). The van der Waals surface area contributed by atoms with Crippen molar-refractivity contribution in [1.29, 1.82) is 0 Å². The van der Waals surface area contributed by atoms with Gasteiger partial charge in [0.1, 0.15) is 0 Å². The number of aromatic nitrogens is 2. The number of halogens is 1. The number of nitrogens with one attached hydrogen (secondary N) is 1. The summed E-state index contributed by atoms with van der Waals surface area (Å²) >= 11 is 5.56. The van der Waals surface area contributed by atoms with Crippen LogP contribution in [0.25, 0.3) is 0 Å². The first-order chi connectivity index (χ1) is 6.88. The lowest BCUT2D eigenvalue weighted by Crippen LogP contribution is -2.20. The fourth-order valence-electron chi connectivity index (χ4n) is 1.44. The lowest BCUT2D eigenvalue weighted by molar-refractivity contribution is 0.330. The molecule has 0 amide bonds. The molecule has 0 saturated heterocycles. The predicted molar refractivity (Wildman–Crippen MR) is 54.6 cm³/mol. The molecule has 0 spiro atoms. The molecule has 14 heavy (non-hydrogen) atoms. The first-order valence-corrected chi connectivity index (χ1v) is 5.54. The van der Waals surface area contributed by atoms with Crippen LogP contribution in [0, 0.1) is 5.92 Å². The van der Waals surface area contributed by atoms with Crippen molar-refractivity contribution in [3.05, 3.63) is 5.89 Å². The van der Waals surface area contributed by atoms with Crippen molar-refractivity contribution in [1.82, 2.24) is 10.2 Å². The lowest BCUT2D eigenvalue weighted by Gasteiger charge is -2.24. The molecule has 2 rings (SSSR count). The van der Waals surface area contributed by atoms with E-state index >= 15 is 0 Å². The van der Waals surface area contributed by atoms with E-state index in [9.17, 15) is 0 Å². The highest BCUT2D eigenvalue weighted by Crippen LogP contribution is 2.26. The van der Waals surface area contributed by atoms with Crippen LogP contribution >= 0.6 is 11.6 Å². The van der Waals surface area contributed by atoms with Gasteiger partial charge in [0.15, 0.2) is 0 Å². The molecule has 0 unspecified atom stereocenters. The molecule has 1 aliphatic carbocycles. The zero-order valence-corrected chi connectivity index (χ0v) is 8.76. The summed E-state index contributed by atoms with van der Waals surface area (Å²) in [6, 6.07) is 0.525. The van der Waals surface area contributed by atoms with Crippen LogP contribution in [0.2, 0.25) is 0 Å². The lowest BCUT2D eigenvalue weighted by atomic mass is 9.85. The van der Waals surface area contributed by atoms with Crippen molar-refractivity contribution >= 4 is 17.6 Å². The van der Waals surface area contributed by atoms with E-state index < -0.39 is 0 Å². The van der Waals surface area contributed by atoms with E-state index in [4.69, 9.17) is 16.0 Å². The van der Waals surface area contributed by atoms with Crippen molar-refractivity contribution in [2.24, 2.45) is 5.92 Å². The minimum atomic E-state index is 0.518. The SMILES string of the molecule is ClCCc1nnc(NCC2CCC2)o1. The maximum Gasteiger partial charge on any atom is 0.315 e. The zero-order chi connectivity index (χ0) is 9.80. The van der Waals surface area contributed by atoms with Gasteiger partial charge in [-0.1, -0.05) is 11.5 Å². The Labute approximate surface area is 88.0 Å². The fraction of sp³-hybridized carbons (Fsp3) is 0.778. The Balaban J connectivity index is 1.77. The summed E-state index contributed by atoms with van der Waals surface area (Å²) < 4.78 is 5.33. The molecule has 1 heterocycles. The molecule has 4 nitrogen and oxygen atoms in total. The second-order valence-electron chi connectivity index (χ2n) is 3.62. The number of alkyl halides is 1. The van der Waals surface area contributed by atoms with Gasteiger partial charge in [-0.3, -0.25) is 0 Å². The molecule has 1 aromatic heterocycles. The van der Waals surface area contributed by atoms with Crippen LogP contribution in [-0.4, -0.2) is 22.6 Å². The van der Waals surface area contributed by atoms with Crippen LogP contribution in [0.15, 0.2) is 4.42 Å². The summed E-state index contributed by atoms with van der Waals surface area (Å²) in [4.78, 5) is 0. The van der Waals surface area contributed by atoms with Crippen LogP contribution < -0.4 is 5.32 Å². The normalized spacial score (nSPS) is 16.6. The van der Waals surface area contributed by atoms with E-state index in [-0.39, 0.29) is 0 Å². The fourth-order valence-corrected chi connectivity index (χ4v) is 1.60. The Hall–Kier alpha value is -0.770. The van der Waals surface area contributed by atoms with Gasteiger partial charge in [0, 0.05) is 18.8 Å². The minimum absolute atomic E-state index is 0.518. The Morgan fingerprint density at radius 1 is 1.43 bits per heavy atom. The number of nitrogens with zero attached hydrogens (tertiary/aromatic N) is 2. The first kappa shape index (κ1) is 9.77. The van der Waals surface area contributed by atoms with Gasteiger partial charge >= 0.3 is 6.01 Å². The van der Waals surface area contributed by atoms with Gasteiger partial charge in [-0.2, -0.15) is 0 Å². The van der Waals surface area contributed by atoms with E-state index in [1.54, 1.807) is 0 Å². The second kappa shape index (κ2) is 4.64. The summed E-state index contributed by atoms with van der Waals surface area (Å²) in [6.45, 7) is 0.947.